The molecule has 2 heterocycles. The van der Waals surface area contributed by atoms with Crippen molar-refractivity contribution in [2.75, 3.05) is 37.4 Å². The third-order valence-electron chi connectivity index (χ3n) is 8.10. The summed E-state index contributed by atoms with van der Waals surface area (Å²) >= 11 is 0. The van der Waals surface area contributed by atoms with Crippen molar-refractivity contribution in [2.24, 2.45) is 13.0 Å². The van der Waals surface area contributed by atoms with Crippen molar-refractivity contribution in [1.29, 1.82) is 0 Å². The summed E-state index contributed by atoms with van der Waals surface area (Å²) in [5.41, 5.74) is 3.38. The maximum Gasteiger partial charge on any atom is 0.321 e. The van der Waals surface area contributed by atoms with Gasteiger partial charge in [-0.05, 0) is 48.9 Å². The van der Waals surface area contributed by atoms with Gasteiger partial charge in [0.15, 0.2) is 0 Å². The maximum atomic E-state index is 13.8. The number of anilines is 2. The zero-order chi connectivity index (χ0) is 31.4. The van der Waals surface area contributed by atoms with E-state index < -0.39 is 12.1 Å². The SMILES string of the molecule is C[C@@H]1CN([C@@H](C)CO)C(=O)c2cc(NC(=O)Cc3cn(C)c4ccccc34)ccc2O[C@H]1CN(C)C(=O)Nc1ccccc1. The molecule has 230 valence electrons. The maximum absolute atomic E-state index is 13.8. The number of amides is 4. The van der Waals surface area contributed by atoms with Crippen LogP contribution < -0.4 is 15.4 Å². The van der Waals surface area contributed by atoms with E-state index >= 15 is 0 Å². The molecule has 0 unspecified atom stereocenters. The number of nitrogens with one attached hydrogen (secondary N) is 2. The second-order valence-corrected chi connectivity index (χ2v) is 11.5. The molecule has 1 aromatic heterocycles. The minimum Gasteiger partial charge on any atom is -0.487 e. The van der Waals surface area contributed by atoms with Gasteiger partial charge in [-0.1, -0.05) is 43.3 Å². The molecule has 3 aromatic carbocycles. The second kappa shape index (κ2) is 13.2. The number of aromatic nitrogens is 1. The van der Waals surface area contributed by atoms with Gasteiger partial charge in [0.2, 0.25) is 5.91 Å². The molecule has 0 aliphatic carbocycles. The predicted molar refractivity (Wildman–Crippen MR) is 171 cm³/mol. The van der Waals surface area contributed by atoms with Crippen molar-refractivity contribution in [3.63, 3.8) is 0 Å². The molecular weight excluding hydrogens is 558 g/mol. The Kier molecular flexibility index (Phi) is 9.20. The summed E-state index contributed by atoms with van der Waals surface area (Å²) < 4.78 is 8.41. The van der Waals surface area contributed by atoms with E-state index in [1.165, 1.54) is 0 Å². The lowest BCUT2D eigenvalue weighted by atomic mass is 9.99. The predicted octanol–water partition coefficient (Wildman–Crippen LogP) is 4.74. The number of para-hydroxylation sites is 2. The third-order valence-corrected chi connectivity index (χ3v) is 8.10. The Bertz CT molecular complexity index is 1650. The highest BCUT2D eigenvalue weighted by Gasteiger charge is 2.34. The number of nitrogens with zero attached hydrogens (tertiary/aromatic N) is 3. The lowest BCUT2D eigenvalue weighted by Gasteiger charge is -2.38. The molecule has 10 heteroatoms. The summed E-state index contributed by atoms with van der Waals surface area (Å²) in [4.78, 5) is 43.0. The Hall–Kier alpha value is -4.83. The molecular formula is C34H39N5O5. The van der Waals surface area contributed by atoms with Gasteiger partial charge in [0.05, 0.1) is 31.2 Å². The number of hydrogen-bond acceptors (Lipinski definition) is 5. The standard InChI is InChI=1S/C34H39N5O5/c1-22-18-39(23(2)21-40)33(42)28-17-26(35-32(41)16-24-19-37(3)29-13-9-8-12-27(24)29)14-15-30(28)44-31(22)20-38(4)34(43)36-25-10-6-5-7-11-25/h5-15,17,19,22-23,31,40H,16,18,20-21H2,1-4H3,(H,35,41)(H,36,43)/t22-,23+,31+/m1/s1. The van der Waals surface area contributed by atoms with Crippen LogP contribution in [0, 0.1) is 5.92 Å². The number of hydrogen-bond donors (Lipinski definition) is 3. The normalized spacial score (nSPS) is 17.2. The van der Waals surface area contributed by atoms with E-state index in [2.05, 4.69) is 10.6 Å². The van der Waals surface area contributed by atoms with E-state index in [0.29, 0.717) is 23.7 Å². The Labute approximate surface area is 257 Å². The van der Waals surface area contributed by atoms with Gasteiger partial charge in [0.1, 0.15) is 11.9 Å². The van der Waals surface area contributed by atoms with E-state index in [9.17, 15) is 19.5 Å². The van der Waals surface area contributed by atoms with Crippen LogP contribution in [0.15, 0.2) is 79.0 Å². The molecule has 1 aliphatic heterocycles. The molecule has 0 radical (unpaired) electrons. The van der Waals surface area contributed by atoms with E-state index in [-0.39, 0.29) is 48.9 Å². The minimum absolute atomic E-state index is 0.159. The highest BCUT2D eigenvalue weighted by atomic mass is 16.5. The van der Waals surface area contributed by atoms with Crippen LogP contribution in [0.4, 0.5) is 16.2 Å². The number of likely N-dealkylation sites (N-methyl/N-ethyl adjacent to an activating group) is 1. The van der Waals surface area contributed by atoms with Gasteiger partial charge < -0.3 is 34.8 Å². The summed E-state index contributed by atoms with van der Waals surface area (Å²) in [6.45, 7) is 4.12. The molecule has 5 rings (SSSR count). The quantitative estimate of drug-likeness (QED) is 0.271. The van der Waals surface area contributed by atoms with Crippen molar-refractivity contribution >= 4 is 40.1 Å². The summed E-state index contributed by atoms with van der Waals surface area (Å²) in [7, 11) is 3.65. The van der Waals surface area contributed by atoms with Crippen LogP contribution in [0.3, 0.4) is 0 Å². The van der Waals surface area contributed by atoms with Crippen LogP contribution >= 0.6 is 0 Å². The van der Waals surface area contributed by atoms with Crippen molar-refractivity contribution in [3.05, 3.63) is 90.1 Å². The van der Waals surface area contributed by atoms with Gasteiger partial charge in [-0.15, -0.1) is 0 Å². The fourth-order valence-electron chi connectivity index (χ4n) is 5.56. The lowest BCUT2D eigenvalue weighted by molar-refractivity contribution is -0.115. The van der Waals surface area contributed by atoms with Crippen LogP contribution in [0.5, 0.6) is 5.75 Å². The fraction of sp³-hybridized carbons (Fsp3) is 0.324. The molecule has 4 amide bonds. The Balaban J connectivity index is 1.36. The molecule has 3 atom stereocenters. The summed E-state index contributed by atoms with van der Waals surface area (Å²) in [6.07, 6.45) is 1.68. The van der Waals surface area contributed by atoms with Crippen LogP contribution in [0.1, 0.15) is 29.8 Å². The first kappa shape index (κ1) is 30.6. The first-order chi connectivity index (χ1) is 21.1. The Morgan fingerprint density at radius 2 is 1.77 bits per heavy atom. The van der Waals surface area contributed by atoms with Crippen molar-refractivity contribution in [3.8, 4) is 5.75 Å². The molecule has 4 aromatic rings. The lowest BCUT2D eigenvalue weighted by Crippen LogP contribution is -2.50. The number of aryl methyl sites for hydroxylation is 1. The molecule has 0 fully saturated rings. The zero-order valence-corrected chi connectivity index (χ0v) is 25.5. The van der Waals surface area contributed by atoms with Crippen molar-refractivity contribution < 1.29 is 24.2 Å². The van der Waals surface area contributed by atoms with Gasteiger partial charge in [0, 0.05) is 55.0 Å². The monoisotopic (exact) mass is 597 g/mol. The summed E-state index contributed by atoms with van der Waals surface area (Å²) in [5, 5.41) is 16.8. The summed E-state index contributed by atoms with van der Waals surface area (Å²) in [6, 6.07) is 21.4. The Morgan fingerprint density at radius 3 is 2.52 bits per heavy atom. The first-order valence-corrected chi connectivity index (χ1v) is 14.8. The highest BCUT2D eigenvalue weighted by molar-refractivity contribution is 6.01. The number of carbonyl (C=O) groups is 3. The van der Waals surface area contributed by atoms with E-state index in [0.717, 1.165) is 16.5 Å². The average molecular weight is 598 g/mol. The molecule has 0 spiro atoms. The number of urea groups is 1. The number of ether oxygens (including phenoxy) is 1. The van der Waals surface area contributed by atoms with E-state index in [4.69, 9.17) is 4.74 Å². The van der Waals surface area contributed by atoms with Gasteiger partial charge in [-0.3, -0.25) is 9.59 Å². The molecule has 1 aliphatic rings. The smallest absolute Gasteiger partial charge is 0.321 e. The number of aliphatic hydroxyl groups excluding tert-OH is 1. The number of carbonyl (C=O) groups excluding carboxylic acids is 3. The van der Waals surface area contributed by atoms with E-state index in [1.54, 1.807) is 42.0 Å². The summed E-state index contributed by atoms with van der Waals surface area (Å²) in [5.74, 6) is -0.315. The van der Waals surface area contributed by atoms with Crippen molar-refractivity contribution in [2.45, 2.75) is 32.4 Å². The van der Waals surface area contributed by atoms with Crippen LogP contribution in [0.2, 0.25) is 0 Å². The fourth-order valence-corrected chi connectivity index (χ4v) is 5.56. The minimum atomic E-state index is -0.450. The number of fused-ring (bicyclic) bond motifs is 2. The van der Waals surface area contributed by atoms with Crippen LogP contribution in [-0.2, 0) is 18.3 Å². The highest BCUT2D eigenvalue weighted by Crippen LogP contribution is 2.31. The molecule has 0 bridgehead atoms. The van der Waals surface area contributed by atoms with Gasteiger partial charge in [-0.2, -0.15) is 0 Å². The first-order valence-electron chi connectivity index (χ1n) is 14.8. The average Bonchev–Trinajstić information content (AvgIpc) is 3.33. The topological polar surface area (TPSA) is 116 Å². The Morgan fingerprint density at radius 1 is 1.05 bits per heavy atom. The molecule has 0 saturated heterocycles. The van der Waals surface area contributed by atoms with Crippen LogP contribution in [-0.4, -0.2) is 76.2 Å². The van der Waals surface area contributed by atoms with Gasteiger partial charge >= 0.3 is 6.03 Å². The van der Waals surface area contributed by atoms with Crippen molar-refractivity contribution in [1.82, 2.24) is 14.4 Å². The second-order valence-electron chi connectivity index (χ2n) is 11.5. The van der Waals surface area contributed by atoms with E-state index in [1.807, 2.05) is 79.3 Å². The largest absolute Gasteiger partial charge is 0.487 e. The van der Waals surface area contributed by atoms with Gasteiger partial charge in [-0.25, -0.2) is 4.79 Å². The van der Waals surface area contributed by atoms with Gasteiger partial charge in [0.25, 0.3) is 5.91 Å². The number of benzene rings is 3. The van der Waals surface area contributed by atoms with Crippen LogP contribution in [0.25, 0.3) is 10.9 Å². The number of aliphatic hydroxyl groups is 1. The third kappa shape index (κ3) is 6.70. The molecule has 0 saturated carbocycles. The molecule has 10 nitrogen and oxygen atoms in total. The molecule has 44 heavy (non-hydrogen) atoms. The zero-order valence-electron chi connectivity index (χ0n) is 25.5. The number of rotatable bonds is 8. The molecule has 3 N–H and O–H groups in total.